The molecule has 0 spiro atoms. The highest BCUT2D eigenvalue weighted by atomic mass is 16.5. The van der Waals surface area contributed by atoms with Crippen molar-refractivity contribution in [2.75, 3.05) is 7.11 Å². The number of benzene rings is 1. The van der Waals surface area contributed by atoms with Gasteiger partial charge in [-0.1, -0.05) is 12.1 Å². The Morgan fingerprint density at radius 3 is 2.33 bits per heavy atom. The highest BCUT2D eigenvalue weighted by molar-refractivity contribution is 5.88. The van der Waals surface area contributed by atoms with Gasteiger partial charge in [0.25, 0.3) is 5.56 Å². The molecule has 6 heteroatoms. The van der Waals surface area contributed by atoms with E-state index >= 15 is 0 Å². The van der Waals surface area contributed by atoms with Crippen molar-refractivity contribution in [3.63, 3.8) is 0 Å². The van der Waals surface area contributed by atoms with E-state index < -0.39 is 11.9 Å². The number of hydrogen-bond donors (Lipinski definition) is 1. The number of hydrogen-bond acceptors (Lipinski definition) is 4. The molecule has 1 N–H and O–H groups in total. The largest absolute Gasteiger partial charge is 0.478 e. The van der Waals surface area contributed by atoms with Crippen LogP contribution < -0.4 is 5.56 Å². The van der Waals surface area contributed by atoms with Crippen LogP contribution in [-0.4, -0.2) is 28.7 Å². The summed E-state index contributed by atoms with van der Waals surface area (Å²) in [6, 6.07) is 9.26. The summed E-state index contributed by atoms with van der Waals surface area (Å²) in [5.74, 6) is -1.51. The molecule has 0 amide bonds. The summed E-state index contributed by atoms with van der Waals surface area (Å²) in [4.78, 5) is 33.8. The molecular formula is C15H13NO5. The number of aromatic nitrogens is 1. The fourth-order valence-corrected chi connectivity index (χ4v) is 1.83. The maximum Gasteiger partial charge on any atom is 0.335 e. The second-order valence-corrected chi connectivity index (χ2v) is 4.34. The van der Waals surface area contributed by atoms with Crippen LogP contribution in [0.25, 0.3) is 11.1 Å². The van der Waals surface area contributed by atoms with Gasteiger partial charge in [0.2, 0.25) is 0 Å². The quantitative estimate of drug-likeness (QED) is 0.859. The number of carboxylic acid groups (broad SMARTS) is 1. The van der Waals surface area contributed by atoms with E-state index in [2.05, 4.69) is 4.74 Å². The molecule has 0 saturated carbocycles. The first-order valence-electron chi connectivity index (χ1n) is 6.12. The third-order valence-electron chi connectivity index (χ3n) is 2.99. The number of nitrogens with zero attached hydrogens (tertiary/aromatic N) is 1. The third kappa shape index (κ3) is 3.36. The monoisotopic (exact) mass is 287 g/mol. The molecule has 0 radical (unpaired) electrons. The first kappa shape index (κ1) is 14.5. The smallest absolute Gasteiger partial charge is 0.335 e. The maximum atomic E-state index is 11.9. The molecule has 0 bridgehead atoms. The lowest BCUT2D eigenvalue weighted by Crippen LogP contribution is -2.23. The summed E-state index contributed by atoms with van der Waals surface area (Å²) in [5, 5.41) is 8.84. The van der Waals surface area contributed by atoms with Gasteiger partial charge < -0.3 is 14.4 Å². The molecule has 0 aliphatic heterocycles. The van der Waals surface area contributed by atoms with Gasteiger partial charge in [-0.05, 0) is 29.3 Å². The number of carbonyl (C=O) groups excluding carboxylic acids is 1. The van der Waals surface area contributed by atoms with Crippen molar-refractivity contribution < 1.29 is 19.4 Å². The standard InChI is InChI=1S/C15H13NO5/c1-21-14(18)9-16-7-6-12(8-13(16)17)10-2-4-11(5-3-10)15(19)20/h2-8H,9H2,1H3,(H,19,20). The zero-order valence-corrected chi connectivity index (χ0v) is 11.3. The van der Waals surface area contributed by atoms with Gasteiger partial charge in [-0.2, -0.15) is 0 Å². The molecule has 0 saturated heterocycles. The Balaban J connectivity index is 2.29. The number of methoxy groups -OCH3 is 1. The Morgan fingerprint density at radius 1 is 1.14 bits per heavy atom. The minimum absolute atomic E-state index is 0.145. The lowest BCUT2D eigenvalue weighted by Gasteiger charge is -2.06. The molecule has 0 aliphatic rings. The van der Waals surface area contributed by atoms with Gasteiger partial charge in [0.15, 0.2) is 0 Å². The van der Waals surface area contributed by atoms with E-state index in [0.717, 1.165) is 5.56 Å². The second kappa shape index (κ2) is 6.04. The molecular weight excluding hydrogens is 274 g/mol. The Labute approximate surface area is 120 Å². The van der Waals surface area contributed by atoms with Gasteiger partial charge in [0.05, 0.1) is 12.7 Å². The van der Waals surface area contributed by atoms with E-state index in [0.29, 0.717) is 5.56 Å². The third-order valence-corrected chi connectivity index (χ3v) is 2.99. The number of pyridine rings is 1. The summed E-state index contributed by atoms with van der Waals surface area (Å²) in [6.45, 7) is -0.145. The molecule has 0 aliphatic carbocycles. The normalized spacial score (nSPS) is 10.1. The molecule has 0 fully saturated rings. The molecule has 21 heavy (non-hydrogen) atoms. The number of ether oxygens (including phenoxy) is 1. The van der Waals surface area contributed by atoms with Crippen LogP contribution >= 0.6 is 0 Å². The van der Waals surface area contributed by atoms with Crippen LogP contribution in [0.15, 0.2) is 47.4 Å². The summed E-state index contributed by atoms with van der Waals surface area (Å²) in [6.07, 6.45) is 1.50. The lowest BCUT2D eigenvalue weighted by atomic mass is 10.1. The first-order chi connectivity index (χ1) is 10.0. The zero-order chi connectivity index (χ0) is 15.4. The van der Waals surface area contributed by atoms with Crippen molar-refractivity contribution in [2.24, 2.45) is 0 Å². The van der Waals surface area contributed by atoms with Crippen LogP contribution in [0.5, 0.6) is 0 Å². The van der Waals surface area contributed by atoms with E-state index in [4.69, 9.17) is 5.11 Å². The van der Waals surface area contributed by atoms with Gasteiger partial charge in [-0.25, -0.2) is 4.79 Å². The van der Waals surface area contributed by atoms with Crippen molar-refractivity contribution in [3.05, 3.63) is 58.5 Å². The van der Waals surface area contributed by atoms with Crippen LogP contribution in [0, 0.1) is 0 Å². The van der Waals surface area contributed by atoms with E-state index in [1.54, 1.807) is 18.2 Å². The van der Waals surface area contributed by atoms with Crippen molar-refractivity contribution >= 4 is 11.9 Å². The zero-order valence-electron chi connectivity index (χ0n) is 11.3. The average molecular weight is 287 g/mol. The fourth-order valence-electron chi connectivity index (χ4n) is 1.83. The first-order valence-corrected chi connectivity index (χ1v) is 6.12. The van der Waals surface area contributed by atoms with Gasteiger partial charge in [-0.15, -0.1) is 0 Å². The molecule has 1 aromatic carbocycles. The average Bonchev–Trinajstić information content (AvgIpc) is 2.49. The molecule has 0 unspecified atom stereocenters. The molecule has 2 aromatic rings. The van der Waals surface area contributed by atoms with Crippen LogP contribution in [-0.2, 0) is 16.1 Å². The van der Waals surface area contributed by atoms with E-state index in [1.807, 2.05) is 0 Å². The molecule has 1 heterocycles. The fraction of sp³-hybridized carbons (Fsp3) is 0.133. The molecule has 2 rings (SSSR count). The van der Waals surface area contributed by atoms with Gasteiger partial charge in [-0.3, -0.25) is 9.59 Å². The Bertz CT molecular complexity index is 730. The van der Waals surface area contributed by atoms with Crippen molar-refractivity contribution in [2.45, 2.75) is 6.54 Å². The Kier molecular flexibility index (Phi) is 4.18. The van der Waals surface area contributed by atoms with Crippen molar-refractivity contribution in [3.8, 4) is 11.1 Å². The van der Waals surface area contributed by atoms with Gasteiger partial charge in [0, 0.05) is 12.3 Å². The van der Waals surface area contributed by atoms with Crippen molar-refractivity contribution in [1.82, 2.24) is 4.57 Å². The lowest BCUT2D eigenvalue weighted by molar-refractivity contribution is -0.141. The minimum atomic E-state index is -1.00. The number of esters is 1. The number of aromatic carboxylic acids is 1. The Morgan fingerprint density at radius 2 is 1.81 bits per heavy atom. The van der Waals surface area contributed by atoms with E-state index in [9.17, 15) is 14.4 Å². The molecule has 6 nitrogen and oxygen atoms in total. The highest BCUT2D eigenvalue weighted by Crippen LogP contribution is 2.18. The number of carbonyl (C=O) groups is 2. The summed E-state index contributed by atoms with van der Waals surface area (Å²) in [7, 11) is 1.26. The van der Waals surface area contributed by atoms with Crippen LogP contribution in [0.3, 0.4) is 0 Å². The van der Waals surface area contributed by atoms with Crippen LogP contribution in [0.2, 0.25) is 0 Å². The molecule has 108 valence electrons. The highest BCUT2D eigenvalue weighted by Gasteiger charge is 2.07. The maximum absolute atomic E-state index is 11.9. The summed E-state index contributed by atoms with van der Waals surface area (Å²) in [5.41, 5.74) is 1.22. The topological polar surface area (TPSA) is 85.6 Å². The van der Waals surface area contributed by atoms with E-state index in [-0.39, 0.29) is 17.7 Å². The predicted molar refractivity (Wildman–Crippen MR) is 75.1 cm³/mol. The second-order valence-electron chi connectivity index (χ2n) is 4.34. The van der Waals surface area contributed by atoms with Gasteiger partial charge >= 0.3 is 11.9 Å². The Hall–Kier alpha value is -2.89. The molecule has 1 aromatic heterocycles. The van der Waals surface area contributed by atoms with Crippen LogP contribution in [0.4, 0.5) is 0 Å². The SMILES string of the molecule is COC(=O)Cn1ccc(-c2ccc(C(=O)O)cc2)cc1=O. The van der Waals surface area contributed by atoms with Gasteiger partial charge in [0.1, 0.15) is 6.54 Å². The summed E-state index contributed by atoms with van der Waals surface area (Å²) < 4.78 is 5.74. The van der Waals surface area contributed by atoms with E-state index in [1.165, 1.54) is 36.1 Å². The molecule has 0 atom stereocenters. The van der Waals surface area contributed by atoms with Crippen LogP contribution in [0.1, 0.15) is 10.4 Å². The van der Waals surface area contributed by atoms with Crippen molar-refractivity contribution in [1.29, 1.82) is 0 Å². The number of carboxylic acids is 1. The number of rotatable bonds is 4. The summed E-state index contributed by atoms with van der Waals surface area (Å²) >= 11 is 0. The minimum Gasteiger partial charge on any atom is -0.478 e. The predicted octanol–water partition coefficient (Wildman–Crippen LogP) is 1.39.